The number of halogens is 3. The maximum absolute atomic E-state index is 13.0. The highest BCUT2D eigenvalue weighted by Crippen LogP contribution is 2.28. The van der Waals surface area contributed by atoms with Gasteiger partial charge in [-0.05, 0) is 31.0 Å². The summed E-state index contributed by atoms with van der Waals surface area (Å²) in [5.74, 6) is -0.381. The Labute approximate surface area is 74.9 Å². The maximum atomic E-state index is 13.0. The van der Waals surface area contributed by atoms with Crippen molar-refractivity contribution in [2.75, 3.05) is 0 Å². The van der Waals surface area contributed by atoms with Gasteiger partial charge in [-0.2, -0.15) is 0 Å². The van der Waals surface area contributed by atoms with Crippen molar-refractivity contribution in [2.24, 2.45) is 0 Å². The van der Waals surface area contributed by atoms with E-state index in [1.165, 1.54) is 0 Å². The molecule has 0 bridgehead atoms. The van der Waals surface area contributed by atoms with Crippen molar-refractivity contribution in [2.45, 2.75) is 13.8 Å². The Bertz CT molecular complexity index is 268. The molecule has 3 heteroatoms. The average Bonchev–Trinajstić information content (AvgIpc) is 1.97. The molecule has 0 heterocycles. The first-order chi connectivity index (χ1) is 5.04. The molecule has 0 aliphatic rings. The number of hydrogen-bond donors (Lipinski definition) is 0. The molecule has 0 spiro atoms. The van der Waals surface area contributed by atoms with E-state index >= 15 is 0 Å². The molecular weight excluding hydrogens is 186 g/mol. The molecule has 1 aromatic carbocycles. The van der Waals surface area contributed by atoms with Gasteiger partial charge in [0.25, 0.3) is 0 Å². The van der Waals surface area contributed by atoms with Gasteiger partial charge in [0.05, 0.1) is 5.02 Å². The smallest absolute Gasteiger partial charge is 0.145 e. The largest absolute Gasteiger partial charge is 0.205 e. The predicted molar refractivity (Wildman–Crippen MR) is 45.9 cm³/mol. The first kappa shape index (κ1) is 8.82. The van der Waals surface area contributed by atoms with Crippen LogP contribution in [-0.2, 0) is 0 Å². The Balaban J connectivity index is 3.46. The minimum absolute atomic E-state index is 0.120. The van der Waals surface area contributed by atoms with Gasteiger partial charge >= 0.3 is 0 Å². The lowest BCUT2D eigenvalue weighted by atomic mass is 10.1. The molecule has 0 radical (unpaired) electrons. The van der Waals surface area contributed by atoms with E-state index in [1.807, 2.05) is 0 Å². The van der Waals surface area contributed by atoms with Crippen molar-refractivity contribution in [1.29, 1.82) is 0 Å². The fourth-order valence-electron chi connectivity index (χ4n) is 0.804. The molecule has 0 N–H and O–H groups in total. The van der Waals surface area contributed by atoms with Crippen LogP contribution in [0.1, 0.15) is 11.1 Å². The minimum atomic E-state index is -0.381. The van der Waals surface area contributed by atoms with Crippen molar-refractivity contribution in [3.63, 3.8) is 0 Å². The second kappa shape index (κ2) is 3.00. The van der Waals surface area contributed by atoms with Crippen LogP contribution >= 0.6 is 23.2 Å². The molecule has 0 nitrogen and oxygen atoms in total. The van der Waals surface area contributed by atoms with E-state index in [0.717, 1.165) is 0 Å². The summed E-state index contributed by atoms with van der Waals surface area (Å²) in [5.41, 5.74) is 1.07. The fraction of sp³-hybridized carbons (Fsp3) is 0.250. The van der Waals surface area contributed by atoms with Gasteiger partial charge in [0.1, 0.15) is 5.82 Å². The van der Waals surface area contributed by atoms with Crippen LogP contribution in [0.4, 0.5) is 4.39 Å². The van der Waals surface area contributed by atoms with Crippen molar-refractivity contribution in [3.8, 4) is 0 Å². The van der Waals surface area contributed by atoms with Gasteiger partial charge in [-0.1, -0.05) is 23.2 Å². The van der Waals surface area contributed by atoms with Crippen molar-refractivity contribution < 1.29 is 4.39 Å². The van der Waals surface area contributed by atoms with E-state index < -0.39 is 0 Å². The highest BCUT2D eigenvalue weighted by atomic mass is 35.5. The molecule has 1 rings (SSSR count). The molecule has 0 aliphatic carbocycles. The van der Waals surface area contributed by atoms with E-state index in [9.17, 15) is 4.39 Å². The molecule has 0 saturated heterocycles. The van der Waals surface area contributed by atoms with Gasteiger partial charge < -0.3 is 0 Å². The average molecular weight is 193 g/mol. The zero-order valence-electron chi connectivity index (χ0n) is 6.21. The molecule has 11 heavy (non-hydrogen) atoms. The first-order valence-corrected chi connectivity index (χ1v) is 3.90. The Hall–Kier alpha value is -0.270. The zero-order chi connectivity index (χ0) is 8.59. The van der Waals surface area contributed by atoms with Crippen LogP contribution in [0.5, 0.6) is 0 Å². The first-order valence-electron chi connectivity index (χ1n) is 3.14. The highest BCUT2D eigenvalue weighted by Gasteiger charge is 2.09. The highest BCUT2D eigenvalue weighted by molar-refractivity contribution is 6.36. The van der Waals surface area contributed by atoms with E-state index in [4.69, 9.17) is 23.2 Å². The molecule has 0 amide bonds. The Morgan fingerprint density at radius 3 is 2.36 bits per heavy atom. The van der Waals surface area contributed by atoms with Crippen LogP contribution in [-0.4, -0.2) is 0 Å². The topological polar surface area (TPSA) is 0 Å². The standard InChI is InChI=1S/C8H7Cl2F/c1-4-3-6(9)5(2)7(10)8(4)11/h3H,1-2H3. The SMILES string of the molecule is Cc1cc(Cl)c(C)c(Cl)c1F. The van der Waals surface area contributed by atoms with E-state index in [-0.39, 0.29) is 10.8 Å². The Morgan fingerprint density at radius 2 is 1.82 bits per heavy atom. The van der Waals surface area contributed by atoms with Crippen LogP contribution in [0, 0.1) is 19.7 Å². The van der Waals surface area contributed by atoms with Gasteiger partial charge in [-0.15, -0.1) is 0 Å². The van der Waals surface area contributed by atoms with E-state index in [2.05, 4.69) is 0 Å². The lowest BCUT2D eigenvalue weighted by molar-refractivity contribution is 0.618. The quantitative estimate of drug-likeness (QED) is 0.550. The lowest BCUT2D eigenvalue weighted by Gasteiger charge is -2.04. The molecule has 0 saturated carbocycles. The van der Waals surface area contributed by atoms with Crippen LogP contribution < -0.4 is 0 Å². The third kappa shape index (κ3) is 1.49. The Kier molecular flexibility index (Phi) is 2.40. The predicted octanol–water partition coefficient (Wildman–Crippen LogP) is 3.75. The van der Waals surface area contributed by atoms with Crippen LogP contribution in [0.25, 0.3) is 0 Å². The summed E-state index contributed by atoms with van der Waals surface area (Å²) in [6.45, 7) is 3.32. The summed E-state index contributed by atoms with van der Waals surface area (Å²) in [6, 6.07) is 1.57. The van der Waals surface area contributed by atoms with Crippen molar-refractivity contribution in [1.82, 2.24) is 0 Å². The summed E-state index contributed by atoms with van der Waals surface area (Å²) < 4.78 is 13.0. The van der Waals surface area contributed by atoms with Gasteiger partial charge in [-0.25, -0.2) is 4.39 Å². The monoisotopic (exact) mass is 192 g/mol. The second-order valence-corrected chi connectivity index (χ2v) is 3.21. The number of hydrogen-bond acceptors (Lipinski definition) is 0. The normalized spacial score (nSPS) is 10.3. The van der Waals surface area contributed by atoms with Crippen LogP contribution in [0.15, 0.2) is 6.07 Å². The second-order valence-electron chi connectivity index (χ2n) is 2.43. The van der Waals surface area contributed by atoms with Gasteiger partial charge in [0.15, 0.2) is 0 Å². The van der Waals surface area contributed by atoms with Crippen LogP contribution in [0.2, 0.25) is 10.0 Å². The van der Waals surface area contributed by atoms with Crippen LogP contribution in [0.3, 0.4) is 0 Å². The number of rotatable bonds is 0. The molecule has 1 aromatic rings. The lowest BCUT2D eigenvalue weighted by Crippen LogP contribution is -1.88. The van der Waals surface area contributed by atoms with Gasteiger partial charge in [0.2, 0.25) is 0 Å². The van der Waals surface area contributed by atoms with E-state index in [1.54, 1.807) is 19.9 Å². The zero-order valence-corrected chi connectivity index (χ0v) is 7.72. The number of aryl methyl sites for hydroxylation is 1. The molecule has 0 fully saturated rings. The van der Waals surface area contributed by atoms with Gasteiger partial charge in [0, 0.05) is 5.02 Å². The summed E-state index contributed by atoms with van der Waals surface area (Å²) in [7, 11) is 0. The summed E-state index contributed by atoms with van der Waals surface area (Å²) in [5, 5.41) is 0.629. The molecular formula is C8H7Cl2F. The number of benzene rings is 1. The van der Waals surface area contributed by atoms with Crippen molar-refractivity contribution >= 4 is 23.2 Å². The van der Waals surface area contributed by atoms with Gasteiger partial charge in [-0.3, -0.25) is 0 Å². The van der Waals surface area contributed by atoms with Crippen molar-refractivity contribution in [3.05, 3.63) is 33.1 Å². The molecule has 0 unspecified atom stereocenters. The summed E-state index contributed by atoms with van der Waals surface area (Å²) in [4.78, 5) is 0. The third-order valence-corrected chi connectivity index (χ3v) is 2.41. The molecule has 0 aromatic heterocycles. The minimum Gasteiger partial charge on any atom is -0.205 e. The molecule has 60 valence electrons. The Morgan fingerprint density at radius 1 is 1.27 bits per heavy atom. The summed E-state index contributed by atoms with van der Waals surface area (Å²) >= 11 is 11.4. The molecule has 0 atom stereocenters. The fourth-order valence-corrected chi connectivity index (χ4v) is 1.36. The van der Waals surface area contributed by atoms with E-state index in [0.29, 0.717) is 16.1 Å². The molecule has 0 aliphatic heterocycles. The third-order valence-electron chi connectivity index (χ3n) is 1.57. The summed E-state index contributed by atoms with van der Waals surface area (Å²) in [6.07, 6.45) is 0. The maximum Gasteiger partial charge on any atom is 0.145 e.